The number of imide groups is 1. The summed E-state index contributed by atoms with van der Waals surface area (Å²) in [5, 5.41) is 2.55. The van der Waals surface area contributed by atoms with Crippen LogP contribution in [0.2, 0.25) is 0 Å². The highest BCUT2D eigenvalue weighted by Crippen LogP contribution is 2.06. The summed E-state index contributed by atoms with van der Waals surface area (Å²) < 4.78 is 18.2. The van der Waals surface area contributed by atoms with Gasteiger partial charge >= 0.3 is 12.1 Å². The van der Waals surface area contributed by atoms with Gasteiger partial charge in [-0.3, -0.25) is 0 Å². The highest BCUT2D eigenvalue weighted by Gasteiger charge is 2.21. The number of amides is 3. The first-order valence-corrected chi connectivity index (χ1v) is 6.75. The van der Waals surface area contributed by atoms with Crippen LogP contribution in [0.1, 0.15) is 12.5 Å². The molecule has 0 aliphatic rings. The molecule has 0 aromatic heterocycles. The summed E-state index contributed by atoms with van der Waals surface area (Å²) >= 11 is 0. The molecule has 3 N–H and O–H groups in total. The van der Waals surface area contributed by atoms with E-state index in [1.54, 1.807) is 25.1 Å². The molecule has 1 rings (SSSR count). The Hall–Kier alpha value is -2.15. The van der Waals surface area contributed by atoms with Crippen molar-refractivity contribution < 1.29 is 18.7 Å². The number of hydrogen-bond acceptors (Lipinski definition) is 4. The zero-order valence-electron chi connectivity index (χ0n) is 12.0. The number of halogens is 1. The van der Waals surface area contributed by atoms with Gasteiger partial charge in [0.15, 0.2) is 0 Å². The smallest absolute Gasteiger partial charge is 0.418 e. The molecular formula is C14H20FN3O3. The molecule has 0 saturated heterocycles. The fourth-order valence-electron chi connectivity index (χ4n) is 1.71. The standard InChI is InChI=1S/C14H20FN3O3/c1-2-21-14(20)18(10-8-16)13(19)17-9-7-11-5-3-4-6-12(11)15/h3-6H,2,7-10,16H2,1H3,(H,17,19). The van der Waals surface area contributed by atoms with Crippen molar-refractivity contribution in [1.29, 1.82) is 0 Å². The van der Waals surface area contributed by atoms with E-state index in [-0.39, 0.29) is 32.1 Å². The van der Waals surface area contributed by atoms with Crippen molar-refractivity contribution in [2.75, 3.05) is 26.2 Å². The Morgan fingerprint density at radius 3 is 2.71 bits per heavy atom. The van der Waals surface area contributed by atoms with Gasteiger partial charge in [-0.05, 0) is 25.0 Å². The number of nitrogens with one attached hydrogen (secondary N) is 1. The van der Waals surface area contributed by atoms with Crippen molar-refractivity contribution in [3.05, 3.63) is 35.6 Å². The van der Waals surface area contributed by atoms with Gasteiger partial charge in [0.2, 0.25) is 0 Å². The Morgan fingerprint density at radius 2 is 2.10 bits per heavy atom. The molecule has 1 aromatic carbocycles. The minimum atomic E-state index is -0.744. The molecule has 7 heteroatoms. The van der Waals surface area contributed by atoms with E-state index in [0.29, 0.717) is 12.0 Å². The molecule has 3 amide bonds. The van der Waals surface area contributed by atoms with Gasteiger partial charge in [-0.2, -0.15) is 0 Å². The topological polar surface area (TPSA) is 84.7 Å². The van der Waals surface area contributed by atoms with Crippen LogP contribution in [0.25, 0.3) is 0 Å². The lowest BCUT2D eigenvalue weighted by Crippen LogP contribution is -2.46. The van der Waals surface area contributed by atoms with Gasteiger partial charge in [0.1, 0.15) is 5.82 Å². The molecule has 0 radical (unpaired) electrons. The number of benzene rings is 1. The van der Waals surface area contributed by atoms with Crippen LogP contribution < -0.4 is 11.1 Å². The first kappa shape index (κ1) is 16.9. The molecule has 6 nitrogen and oxygen atoms in total. The molecule has 1 aromatic rings. The van der Waals surface area contributed by atoms with Crippen molar-refractivity contribution in [3.63, 3.8) is 0 Å². The Balaban J connectivity index is 2.50. The predicted molar refractivity (Wildman–Crippen MR) is 76.3 cm³/mol. The summed E-state index contributed by atoms with van der Waals surface area (Å²) in [6.07, 6.45) is -0.413. The average Bonchev–Trinajstić information content (AvgIpc) is 2.46. The maximum atomic E-state index is 13.4. The Kier molecular flexibility index (Phi) is 7.17. The highest BCUT2D eigenvalue weighted by molar-refractivity contribution is 5.90. The van der Waals surface area contributed by atoms with Crippen molar-refractivity contribution in [3.8, 4) is 0 Å². The van der Waals surface area contributed by atoms with Crippen LogP contribution in [0.5, 0.6) is 0 Å². The van der Waals surface area contributed by atoms with E-state index in [4.69, 9.17) is 10.5 Å². The van der Waals surface area contributed by atoms with Crippen molar-refractivity contribution in [2.45, 2.75) is 13.3 Å². The Labute approximate surface area is 123 Å². The molecule has 0 unspecified atom stereocenters. The van der Waals surface area contributed by atoms with E-state index in [1.807, 2.05) is 0 Å². The Morgan fingerprint density at radius 1 is 1.38 bits per heavy atom. The largest absolute Gasteiger partial charge is 0.449 e. The molecule has 0 atom stereocenters. The number of carbonyl (C=O) groups is 2. The maximum Gasteiger partial charge on any atom is 0.418 e. The summed E-state index contributed by atoms with van der Waals surface area (Å²) in [7, 11) is 0. The zero-order valence-corrected chi connectivity index (χ0v) is 12.0. The molecule has 0 heterocycles. The number of nitrogens with zero attached hydrogens (tertiary/aromatic N) is 1. The van der Waals surface area contributed by atoms with Crippen LogP contribution in [-0.2, 0) is 11.2 Å². The Bertz CT molecular complexity index is 482. The average molecular weight is 297 g/mol. The molecule has 0 fully saturated rings. The number of urea groups is 1. The number of nitrogens with two attached hydrogens (primary N) is 1. The monoisotopic (exact) mass is 297 g/mol. The molecule has 0 aliphatic heterocycles. The first-order valence-electron chi connectivity index (χ1n) is 6.75. The number of rotatable bonds is 6. The highest BCUT2D eigenvalue weighted by atomic mass is 19.1. The molecule has 0 spiro atoms. The van der Waals surface area contributed by atoms with Crippen LogP contribution in [0.4, 0.5) is 14.0 Å². The molecule has 0 aliphatic carbocycles. The van der Waals surface area contributed by atoms with Gasteiger partial charge in [-0.1, -0.05) is 18.2 Å². The van der Waals surface area contributed by atoms with Crippen LogP contribution in [0.15, 0.2) is 24.3 Å². The molecule has 116 valence electrons. The van der Waals surface area contributed by atoms with Gasteiger partial charge in [-0.25, -0.2) is 18.9 Å². The lowest BCUT2D eigenvalue weighted by Gasteiger charge is -2.19. The third kappa shape index (κ3) is 5.39. The third-order valence-corrected chi connectivity index (χ3v) is 2.71. The number of carbonyl (C=O) groups excluding carboxylic acids is 2. The lowest BCUT2D eigenvalue weighted by molar-refractivity contribution is 0.115. The van der Waals surface area contributed by atoms with E-state index >= 15 is 0 Å². The lowest BCUT2D eigenvalue weighted by atomic mass is 10.1. The summed E-state index contributed by atoms with van der Waals surface area (Å²) in [6.45, 7) is 2.22. The van der Waals surface area contributed by atoms with Gasteiger partial charge < -0.3 is 15.8 Å². The van der Waals surface area contributed by atoms with Crippen LogP contribution in [-0.4, -0.2) is 43.3 Å². The minimum absolute atomic E-state index is 0.0599. The number of ether oxygens (including phenoxy) is 1. The van der Waals surface area contributed by atoms with Crippen molar-refractivity contribution >= 4 is 12.1 Å². The molecular weight excluding hydrogens is 277 g/mol. The van der Waals surface area contributed by atoms with Gasteiger partial charge in [0.05, 0.1) is 6.61 Å². The summed E-state index contributed by atoms with van der Waals surface area (Å²) in [5.74, 6) is -0.323. The van der Waals surface area contributed by atoms with Crippen LogP contribution in [0.3, 0.4) is 0 Å². The fraction of sp³-hybridized carbons (Fsp3) is 0.429. The van der Waals surface area contributed by atoms with Gasteiger partial charge in [0.25, 0.3) is 0 Å². The van der Waals surface area contributed by atoms with Gasteiger partial charge in [-0.15, -0.1) is 0 Å². The van der Waals surface area contributed by atoms with E-state index in [1.165, 1.54) is 6.07 Å². The SMILES string of the molecule is CCOC(=O)N(CCN)C(=O)NCCc1ccccc1F. The normalized spacial score (nSPS) is 10.0. The maximum absolute atomic E-state index is 13.4. The van der Waals surface area contributed by atoms with Crippen LogP contribution >= 0.6 is 0 Å². The zero-order chi connectivity index (χ0) is 15.7. The summed E-state index contributed by atoms with van der Waals surface area (Å²) in [6, 6.07) is 5.72. The van der Waals surface area contributed by atoms with Crippen molar-refractivity contribution in [1.82, 2.24) is 10.2 Å². The van der Waals surface area contributed by atoms with Crippen molar-refractivity contribution in [2.24, 2.45) is 5.73 Å². The summed E-state index contributed by atoms with van der Waals surface area (Å²) in [4.78, 5) is 24.4. The summed E-state index contributed by atoms with van der Waals surface area (Å²) in [5.41, 5.74) is 5.86. The van der Waals surface area contributed by atoms with E-state index in [2.05, 4.69) is 5.32 Å². The molecule has 21 heavy (non-hydrogen) atoms. The quantitative estimate of drug-likeness (QED) is 0.833. The van der Waals surface area contributed by atoms with E-state index < -0.39 is 12.1 Å². The second kappa shape index (κ2) is 8.91. The van der Waals surface area contributed by atoms with E-state index in [0.717, 1.165) is 4.90 Å². The second-order valence-corrected chi connectivity index (χ2v) is 4.21. The van der Waals surface area contributed by atoms with E-state index in [9.17, 15) is 14.0 Å². The fourth-order valence-corrected chi connectivity index (χ4v) is 1.71. The van der Waals surface area contributed by atoms with Gasteiger partial charge in [0, 0.05) is 19.6 Å². The minimum Gasteiger partial charge on any atom is -0.449 e. The second-order valence-electron chi connectivity index (χ2n) is 4.21. The predicted octanol–water partition coefficient (Wildman–Crippen LogP) is 1.50. The molecule has 0 bridgehead atoms. The molecule has 0 saturated carbocycles. The number of hydrogen-bond donors (Lipinski definition) is 2. The van der Waals surface area contributed by atoms with Crippen LogP contribution in [0, 0.1) is 5.82 Å². The third-order valence-electron chi connectivity index (χ3n) is 2.71. The first-order chi connectivity index (χ1) is 10.1.